The van der Waals surface area contributed by atoms with Crippen molar-refractivity contribution in [1.82, 2.24) is 15.1 Å². The molecule has 4 amide bonds. The zero-order chi connectivity index (χ0) is 25.7. The summed E-state index contributed by atoms with van der Waals surface area (Å²) in [6.45, 7) is 2.86. The van der Waals surface area contributed by atoms with Gasteiger partial charge in [0.1, 0.15) is 5.54 Å². The SMILES string of the molecule is CC#CCN1C(=O)NC(CCc2ccccc2)(C2CCN(C(=O)c3ccccc3N(C)C)CC2)C1=O. The summed E-state index contributed by atoms with van der Waals surface area (Å²) in [6, 6.07) is 17.2. The molecule has 2 aromatic carbocycles. The number of piperidine rings is 1. The van der Waals surface area contributed by atoms with Crippen LogP contribution < -0.4 is 10.2 Å². The molecule has 7 nitrogen and oxygen atoms in total. The second-order valence-electron chi connectivity index (χ2n) is 9.68. The minimum atomic E-state index is -0.987. The Bertz CT molecular complexity index is 1180. The standard InChI is InChI=1S/C29H34N4O3/c1-4-5-19-33-27(35)29(30-28(33)36,18-15-22-11-7-6-8-12-22)23-16-20-32(21-17-23)26(34)24-13-9-10-14-25(24)31(2)3/h6-14,23H,15-21H2,1-3H3,(H,30,36). The van der Waals surface area contributed by atoms with Gasteiger partial charge in [-0.1, -0.05) is 48.4 Å². The Morgan fingerprint density at radius 2 is 1.72 bits per heavy atom. The molecule has 1 N–H and O–H groups in total. The number of para-hydroxylation sites is 1. The predicted molar refractivity (Wildman–Crippen MR) is 141 cm³/mol. The van der Waals surface area contributed by atoms with Gasteiger partial charge in [0.05, 0.1) is 12.1 Å². The van der Waals surface area contributed by atoms with Crippen molar-refractivity contribution >= 4 is 23.5 Å². The maximum absolute atomic E-state index is 13.7. The third-order valence-corrected chi connectivity index (χ3v) is 7.36. The van der Waals surface area contributed by atoms with Gasteiger partial charge in [0.2, 0.25) is 0 Å². The summed E-state index contributed by atoms with van der Waals surface area (Å²) in [5, 5.41) is 3.08. The second-order valence-corrected chi connectivity index (χ2v) is 9.68. The lowest BCUT2D eigenvalue weighted by Crippen LogP contribution is -2.57. The van der Waals surface area contributed by atoms with Gasteiger partial charge in [-0.2, -0.15) is 0 Å². The fraction of sp³-hybridized carbons (Fsp3) is 0.414. The van der Waals surface area contributed by atoms with E-state index in [4.69, 9.17) is 0 Å². The zero-order valence-electron chi connectivity index (χ0n) is 21.3. The summed E-state index contributed by atoms with van der Waals surface area (Å²) in [5.41, 5.74) is 1.70. The fourth-order valence-corrected chi connectivity index (χ4v) is 5.37. The summed E-state index contributed by atoms with van der Waals surface area (Å²) in [5.74, 6) is 5.37. The first-order chi connectivity index (χ1) is 17.4. The van der Waals surface area contributed by atoms with Gasteiger partial charge in [0, 0.05) is 32.9 Å². The lowest BCUT2D eigenvalue weighted by atomic mass is 9.74. The molecule has 7 heteroatoms. The number of aryl methyl sites for hydroxylation is 1. The molecule has 0 aliphatic carbocycles. The first-order valence-electron chi connectivity index (χ1n) is 12.5. The van der Waals surface area contributed by atoms with Crippen LogP contribution in [-0.4, -0.2) is 66.9 Å². The molecule has 2 saturated heterocycles. The minimum absolute atomic E-state index is 0.00211. The highest BCUT2D eigenvalue weighted by Crippen LogP contribution is 2.37. The van der Waals surface area contributed by atoms with Crippen molar-refractivity contribution in [3.63, 3.8) is 0 Å². The highest BCUT2D eigenvalue weighted by molar-refractivity contribution is 6.07. The molecular formula is C29H34N4O3. The number of rotatable bonds is 7. The molecule has 188 valence electrons. The number of hydrogen-bond acceptors (Lipinski definition) is 4. The maximum atomic E-state index is 13.7. The van der Waals surface area contributed by atoms with Crippen LogP contribution in [0.4, 0.5) is 10.5 Å². The van der Waals surface area contributed by atoms with E-state index in [-0.39, 0.29) is 30.3 Å². The van der Waals surface area contributed by atoms with Crippen LogP contribution in [-0.2, 0) is 11.2 Å². The molecule has 2 fully saturated rings. The average Bonchev–Trinajstić information content (AvgIpc) is 3.15. The van der Waals surface area contributed by atoms with Gasteiger partial charge in [-0.25, -0.2) is 4.79 Å². The third kappa shape index (κ3) is 4.94. The van der Waals surface area contributed by atoms with Crippen molar-refractivity contribution in [2.24, 2.45) is 5.92 Å². The van der Waals surface area contributed by atoms with Crippen molar-refractivity contribution in [2.75, 3.05) is 38.6 Å². The highest BCUT2D eigenvalue weighted by atomic mass is 16.2. The molecule has 1 unspecified atom stereocenters. The van der Waals surface area contributed by atoms with Gasteiger partial charge in [0.25, 0.3) is 11.8 Å². The molecule has 0 radical (unpaired) electrons. The van der Waals surface area contributed by atoms with Crippen molar-refractivity contribution in [2.45, 2.75) is 38.1 Å². The number of anilines is 1. The number of urea groups is 1. The van der Waals surface area contributed by atoms with E-state index in [0.717, 1.165) is 11.3 Å². The monoisotopic (exact) mass is 486 g/mol. The number of carbonyl (C=O) groups is 3. The summed E-state index contributed by atoms with van der Waals surface area (Å²) >= 11 is 0. The van der Waals surface area contributed by atoms with E-state index in [0.29, 0.717) is 44.3 Å². The molecule has 36 heavy (non-hydrogen) atoms. The molecule has 0 spiro atoms. The van der Waals surface area contributed by atoms with E-state index in [1.165, 1.54) is 4.90 Å². The number of amides is 4. The lowest BCUT2D eigenvalue weighted by Gasteiger charge is -2.41. The second kappa shape index (κ2) is 10.9. The predicted octanol–water partition coefficient (Wildman–Crippen LogP) is 3.55. The molecule has 1 atom stereocenters. The highest BCUT2D eigenvalue weighted by Gasteiger charge is 2.55. The quantitative estimate of drug-likeness (QED) is 0.480. The number of nitrogens with one attached hydrogen (secondary N) is 1. The normalized spacial score (nSPS) is 20.1. The molecule has 0 saturated carbocycles. The molecule has 2 aliphatic heterocycles. The number of likely N-dealkylation sites (tertiary alicyclic amines) is 1. The van der Waals surface area contributed by atoms with E-state index in [9.17, 15) is 14.4 Å². The Kier molecular flexibility index (Phi) is 7.64. The maximum Gasteiger partial charge on any atom is 0.325 e. The number of hydrogen-bond donors (Lipinski definition) is 1. The number of carbonyl (C=O) groups excluding carboxylic acids is 3. The Balaban J connectivity index is 1.54. The zero-order valence-corrected chi connectivity index (χ0v) is 21.3. The van der Waals surface area contributed by atoms with Gasteiger partial charge in [0.15, 0.2) is 0 Å². The van der Waals surface area contributed by atoms with Crippen LogP contribution in [0, 0.1) is 17.8 Å². The number of nitrogens with zero attached hydrogens (tertiary/aromatic N) is 3. The topological polar surface area (TPSA) is 73.0 Å². The smallest absolute Gasteiger partial charge is 0.325 e. The van der Waals surface area contributed by atoms with Gasteiger partial charge in [-0.3, -0.25) is 14.5 Å². The van der Waals surface area contributed by atoms with Gasteiger partial charge >= 0.3 is 6.03 Å². The number of benzene rings is 2. The summed E-state index contributed by atoms with van der Waals surface area (Å²) in [7, 11) is 3.86. The van der Waals surface area contributed by atoms with Crippen molar-refractivity contribution in [1.29, 1.82) is 0 Å². The fourth-order valence-electron chi connectivity index (χ4n) is 5.37. The van der Waals surface area contributed by atoms with Crippen LogP contribution in [0.3, 0.4) is 0 Å². The summed E-state index contributed by atoms with van der Waals surface area (Å²) in [4.78, 5) is 45.0. The van der Waals surface area contributed by atoms with Crippen LogP contribution in [0.1, 0.15) is 42.1 Å². The van der Waals surface area contributed by atoms with Gasteiger partial charge in [-0.05, 0) is 56.2 Å². The van der Waals surface area contributed by atoms with Crippen LogP contribution in [0.25, 0.3) is 0 Å². The number of imide groups is 1. The largest absolute Gasteiger partial charge is 0.377 e. The molecule has 0 aromatic heterocycles. The van der Waals surface area contributed by atoms with Crippen LogP contribution >= 0.6 is 0 Å². The Hall–Kier alpha value is -3.79. The van der Waals surface area contributed by atoms with E-state index < -0.39 is 5.54 Å². The lowest BCUT2D eigenvalue weighted by molar-refractivity contribution is -0.133. The summed E-state index contributed by atoms with van der Waals surface area (Å²) < 4.78 is 0. The first-order valence-corrected chi connectivity index (χ1v) is 12.5. The van der Waals surface area contributed by atoms with Crippen molar-refractivity contribution in [3.8, 4) is 11.8 Å². The molecule has 2 aromatic rings. The molecular weight excluding hydrogens is 452 g/mol. The van der Waals surface area contributed by atoms with Crippen LogP contribution in [0.2, 0.25) is 0 Å². The van der Waals surface area contributed by atoms with E-state index >= 15 is 0 Å². The Morgan fingerprint density at radius 1 is 1.06 bits per heavy atom. The summed E-state index contributed by atoms with van der Waals surface area (Å²) in [6.07, 6.45) is 2.48. The van der Waals surface area contributed by atoms with Crippen molar-refractivity contribution in [3.05, 3.63) is 65.7 Å². The first kappa shape index (κ1) is 25.3. The van der Waals surface area contributed by atoms with E-state index in [1.807, 2.05) is 78.5 Å². The molecule has 2 heterocycles. The molecule has 4 rings (SSSR count). The molecule has 0 bridgehead atoms. The Morgan fingerprint density at radius 3 is 2.39 bits per heavy atom. The average molecular weight is 487 g/mol. The third-order valence-electron chi connectivity index (χ3n) is 7.36. The van der Waals surface area contributed by atoms with Crippen molar-refractivity contribution < 1.29 is 14.4 Å². The van der Waals surface area contributed by atoms with Gasteiger partial charge < -0.3 is 15.1 Å². The van der Waals surface area contributed by atoms with Gasteiger partial charge in [-0.15, -0.1) is 5.92 Å². The van der Waals surface area contributed by atoms with Crippen LogP contribution in [0.15, 0.2) is 54.6 Å². The molecule has 2 aliphatic rings. The van der Waals surface area contributed by atoms with E-state index in [2.05, 4.69) is 17.2 Å². The van der Waals surface area contributed by atoms with E-state index in [1.54, 1.807) is 6.92 Å². The Labute approximate surface area is 213 Å². The van der Waals surface area contributed by atoms with Crippen LogP contribution in [0.5, 0.6) is 0 Å². The minimum Gasteiger partial charge on any atom is -0.377 e.